The summed E-state index contributed by atoms with van der Waals surface area (Å²) in [5.74, 6) is -1.83. The van der Waals surface area contributed by atoms with Crippen LogP contribution in [0, 0.1) is 23.2 Å². The molecule has 1 saturated heterocycles. The first-order valence-corrected chi connectivity index (χ1v) is 11.9. The molecule has 1 aliphatic rings. The van der Waals surface area contributed by atoms with E-state index in [0.717, 1.165) is 11.3 Å². The van der Waals surface area contributed by atoms with Gasteiger partial charge in [-0.2, -0.15) is 5.26 Å². The van der Waals surface area contributed by atoms with E-state index in [9.17, 15) is 14.4 Å². The van der Waals surface area contributed by atoms with Gasteiger partial charge in [0, 0.05) is 44.5 Å². The number of hydrogen-bond donors (Lipinski definition) is 1. The number of carbonyl (C=O) groups excluding carboxylic acids is 3. The first-order valence-electron chi connectivity index (χ1n) is 11.9. The van der Waals surface area contributed by atoms with Crippen LogP contribution in [0.1, 0.15) is 44.0 Å². The van der Waals surface area contributed by atoms with Crippen molar-refractivity contribution in [2.45, 2.75) is 45.8 Å². The minimum Gasteiger partial charge on any atom is -0.469 e. The molecule has 1 aliphatic heterocycles. The number of carbonyl (C=O) groups is 3. The zero-order valence-electron chi connectivity index (χ0n) is 21.2. The number of nitrogens with zero attached hydrogens (tertiary/aromatic N) is 4. The predicted molar refractivity (Wildman–Crippen MR) is 131 cm³/mol. The van der Waals surface area contributed by atoms with Gasteiger partial charge in [-0.1, -0.05) is 12.1 Å². The van der Waals surface area contributed by atoms with Crippen molar-refractivity contribution in [3.63, 3.8) is 0 Å². The number of ether oxygens (including phenoxy) is 2. The molecule has 0 saturated carbocycles. The van der Waals surface area contributed by atoms with Gasteiger partial charge in [0.15, 0.2) is 0 Å². The summed E-state index contributed by atoms with van der Waals surface area (Å²) in [6, 6.07) is 9.47. The van der Waals surface area contributed by atoms with E-state index in [4.69, 9.17) is 14.7 Å². The van der Waals surface area contributed by atoms with Crippen LogP contribution in [0.2, 0.25) is 0 Å². The quantitative estimate of drug-likeness (QED) is 0.585. The number of rotatable bonds is 7. The molecule has 0 aliphatic carbocycles. The summed E-state index contributed by atoms with van der Waals surface area (Å²) in [6.45, 7) is 6.60. The molecule has 1 N–H and O–H groups in total. The Kier molecular flexibility index (Phi) is 8.69. The second kappa shape index (κ2) is 11.7. The SMILES string of the molecule is COC(=O)[C@H]1C[C@H](C(=O)NCCc2cncn2Cc2ccc(C#N)cc2)CN(C(=O)OC(C)(C)C)C1. The average Bonchev–Trinajstić information content (AvgIpc) is 3.29. The number of piperidine rings is 1. The van der Waals surface area contributed by atoms with Crippen LogP contribution in [-0.4, -0.2) is 64.8 Å². The Morgan fingerprint density at radius 1 is 1.17 bits per heavy atom. The zero-order chi connectivity index (χ0) is 26.3. The normalized spacial score (nSPS) is 17.7. The molecule has 2 heterocycles. The molecule has 10 heteroatoms. The number of imidazole rings is 1. The Hall–Kier alpha value is -3.87. The molecule has 192 valence electrons. The predicted octanol–water partition coefficient (Wildman–Crippen LogP) is 2.51. The average molecular weight is 496 g/mol. The smallest absolute Gasteiger partial charge is 0.410 e. The van der Waals surface area contributed by atoms with Gasteiger partial charge in [0.05, 0.1) is 36.9 Å². The number of aromatic nitrogens is 2. The molecule has 0 bridgehead atoms. The highest BCUT2D eigenvalue weighted by molar-refractivity contribution is 5.82. The van der Waals surface area contributed by atoms with E-state index in [1.54, 1.807) is 45.4 Å². The minimum atomic E-state index is -0.687. The fraction of sp³-hybridized carbons (Fsp3) is 0.500. The van der Waals surface area contributed by atoms with E-state index >= 15 is 0 Å². The van der Waals surface area contributed by atoms with Gasteiger partial charge in [-0.05, 0) is 44.9 Å². The fourth-order valence-electron chi connectivity index (χ4n) is 4.14. The van der Waals surface area contributed by atoms with Crippen LogP contribution in [0.5, 0.6) is 0 Å². The van der Waals surface area contributed by atoms with Crippen molar-refractivity contribution in [3.8, 4) is 6.07 Å². The van der Waals surface area contributed by atoms with E-state index in [-0.39, 0.29) is 19.0 Å². The molecule has 1 aromatic carbocycles. The summed E-state index contributed by atoms with van der Waals surface area (Å²) < 4.78 is 12.3. The van der Waals surface area contributed by atoms with Crippen molar-refractivity contribution < 1.29 is 23.9 Å². The molecule has 36 heavy (non-hydrogen) atoms. The van der Waals surface area contributed by atoms with Gasteiger partial charge in [0.1, 0.15) is 5.60 Å². The first-order chi connectivity index (χ1) is 17.1. The van der Waals surface area contributed by atoms with Crippen molar-refractivity contribution in [1.29, 1.82) is 5.26 Å². The van der Waals surface area contributed by atoms with E-state index in [1.165, 1.54) is 12.0 Å². The lowest BCUT2D eigenvalue weighted by molar-refractivity contribution is -0.148. The molecule has 0 radical (unpaired) electrons. The zero-order valence-corrected chi connectivity index (χ0v) is 21.2. The summed E-state index contributed by atoms with van der Waals surface area (Å²) in [5.41, 5.74) is 1.91. The first kappa shape index (κ1) is 26.7. The minimum absolute atomic E-state index is 0.153. The molecular formula is C26H33N5O5. The van der Waals surface area contributed by atoms with Gasteiger partial charge < -0.3 is 24.3 Å². The molecule has 2 amide bonds. The van der Waals surface area contributed by atoms with Gasteiger partial charge in [-0.15, -0.1) is 0 Å². The van der Waals surface area contributed by atoms with Crippen LogP contribution in [0.4, 0.5) is 4.79 Å². The molecule has 3 rings (SSSR count). The molecular weight excluding hydrogens is 462 g/mol. The molecule has 0 unspecified atom stereocenters. The van der Waals surface area contributed by atoms with Crippen LogP contribution >= 0.6 is 0 Å². The number of hydrogen-bond acceptors (Lipinski definition) is 7. The third-order valence-electron chi connectivity index (χ3n) is 5.92. The number of benzene rings is 1. The van der Waals surface area contributed by atoms with Gasteiger partial charge in [-0.25, -0.2) is 9.78 Å². The second-order valence-corrected chi connectivity index (χ2v) is 9.90. The number of esters is 1. The van der Waals surface area contributed by atoms with E-state index in [2.05, 4.69) is 16.4 Å². The second-order valence-electron chi connectivity index (χ2n) is 9.90. The monoisotopic (exact) mass is 495 g/mol. The highest BCUT2D eigenvalue weighted by atomic mass is 16.6. The summed E-state index contributed by atoms with van der Waals surface area (Å²) in [7, 11) is 1.30. The van der Waals surface area contributed by atoms with Crippen molar-refractivity contribution >= 4 is 18.0 Å². The Morgan fingerprint density at radius 2 is 1.86 bits per heavy atom. The maximum atomic E-state index is 13.0. The van der Waals surface area contributed by atoms with E-state index < -0.39 is 29.5 Å². The van der Waals surface area contributed by atoms with E-state index in [1.807, 2.05) is 16.7 Å². The van der Waals surface area contributed by atoms with Crippen molar-refractivity contribution in [1.82, 2.24) is 19.8 Å². The Morgan fingerprint density at radius 3 is 2.50 bits per heavy atom. The molecule has 0 spiro atoms. The van der Waals surface area contributed by atoms with Crippen LogP contribution in [0.3, 0.4) is 0 Å². The van der Waals surface area contributed by atoms with Crippen molar-refractivity contribution in [2.75, 3.05) is 26.7 Å². The number of amides is 2. The largest absolute Gasteiger partial charge is 0.469 e. The van der Waals surface area contributed by atoms with Crippen LogP contribution in [-0.2, 0) is 32.0 Å². The molecule has 1 aromatic heterocycles. The third kappa shape index (κ3) is 7.31. The van der Waals surface area contributed by atoms with Gasteiger partial charge in [0.2, 0.25) is 5.91 Å². The fourth-order valence-corrected chi connectivity index (χ4v) is 4.14. The number of nitrogens with one attached hydrogen (secondary N) is 1. The summed E-state index contributed by atoms with van der Waals surface area (Å²) >= 11 is 0. The molecule has 1 fully saturated rings. The molecule has 10 nitrogen and oxygen atoms in total. The lowest BCUT2D eigenvalue weighted by atomic mass is 9.88. The third-order valence-corrected chi connectivity index (χ3v) is 5.92. The van der Waals surface area contributed by atoms with Crippen molar-refractivity contribution in [2.24, 2.45) is 11.8 Å². The molecule has 2 aromatic rings. The number of likely N-dealkylation sites (tertiary alicyclic amines) is 1. The number of nitriles is 1. The maximum Gasteiger partial charge on any atom is 0.410 e. The topological polar surface area (TPSA) is 127 Å². The number of methoxy groups -OCH3 is 1. The lowest BCUT2D eigenvalue weighted by Crippen LogP contribution is -2.51. The maximum absolute atomic E-state index is 13.0. The Balaban J connectivity index is 1.58. The standard InChI is InChI=1S/C26H33N5O5/c1-26(2,3)36-25(34)30-15-20(11-21(16-30)24(33)35-4)23(32)29-10-9-22-13-28-17-31(22)14-19-7-5-18(12-27)6-8-19/h5-8,13,17,20-21H,9-11,14-16H2,1-4H3,(H,29,32)/t20-,21-/m0/s1. The van der Waals surface area contributed by atoms with Gasteiger partial charge in [0.25, 0.3) is 0 Å². The van der Waals surface area contributed by atoms with Crippen LogP contribution in [0.15, 0.2) is 36.8 Å². The van der Waals surface area contributed by atoms with Gasteiger partial charge >= 0.3 is 12.1 Å². The highest BCUT2D eigenvalue weighted by Gasteiger charge is 2.38. The van der Waals surface area contributed by atoms with Gasteiger partial charge in [-0.3, -0.25) is 9.59 Å². The summed E-state index contributed by atoms with van der Waals surface area (Å²) in [5, 5.41) is 11.9. The Bertz CT molecular complexity index is 1110. The van der Waals surface area contributed by atoms with Crippen LogP contribution in [0.25, 0.3) is 0 Å². The summed E-state index contributed by atoms with van der Waals surface area (Å²) in [6.07, 6.45) is 3.80. The summed E-state index contributed by atoms with van der Waals surface area (Å²) in [4.78, 5) is 43.5. The Labute approximate surface area is 211 Å². The van der Waals surface area contributed by atoms with Crippen molar-refractivity contribution in [3.05, 3.63) is 53.6 Å². The van der Waals surface area contributed by atoms with E-state index in [0.29, 0.717) is 31.5 Å². The highest BCUT2D eigenvalue weighted by Crippen LogP contribution is 2.25. The molecule has 2 atom stereocenters. The van der Waals surface area contributed by atoms with Crippen LogP contribution < -0.4 is 5.32 Å². The lowest BCUT2D eigenvalue weighted by Gasteiger charge is -2.36.